The van der Waals surface area contributed by atoms with Gasteiger partial charge in [0.2, 0.25) is 0 Å². The zero-order chi connectivity index (χ0) is 14.8. The van der Waals surface area contributed by atoms with Gasteiger partial charge in [-0.15, -0.1) is 0 Å². The molecule has 3 nitrogen and oxygen atoms in total. The number of rotatable bonds is 3. The van der Waals surface area contributed by atoms with Crippen LogP contribution in [0.2, 0.25) is 0 Å². The zero-order valence-electron chi connectivity index (χ0n) is 12.4. The molecule has 1 aromatic carbocycles. The molecule has 0 N–H and O–H groups in total. The lowest BCUT2D eigenvalue weighted by Crippen LogP contribution is -2.30. The van der Waals surface area contributed by atoms with Crippen LogP contribution in [-0.4, -0.2) is 23.1 Å². The van der Waals surface area contributed by atoms with E-state index < -0.39 is 0 Å². The molecule has 3 rings (SSSR count). The number of nitrogens with zero attached hydrogens (tertiary/aromatic N) is 2. The van der Waals surface area contributed by atoms with Crippen molar-refractivity contribution in [2.45, 2.75) is 26.8 Å². The molecule has 0 saturated carbocycles. The molecule has 1 aromatic heterocycles. The van der Waals surface area contributed by atoms with E-state index in [-0.39, 0.29) is 5.82 Å². The molecule has 2 aromatic rings. The third-order valence-corrected chi connectivity index (χ3v) is 3.76. The Morgan fingerprint density at radius 3 is 3.05 bits per heavy atom. The number of aromatic nitrogens is 1. The summed E-state index contributed by atoms with van der Waals surface area (Å²) in [5, 5.41) is 4.16. The van der Waals surface area contributed by atoms with Gasteiger partial charge in [-0.25, -0.2) is 4.39 Å². The standard InChI is InChI=1S/C17H19FN2O/c1-12(2)6-8-20-9-7-16-15(11-20)17(19-21-16)13-4-3-5-14(18)10-13/h3-6,10H,7-9,11H2,1-2H3. The first-order valence-electron chi connectivity index (χ1n) is 7.22. The SMILES string of the molecule is CC(C)=CCN1CCc2onc(-c3cccc(F)c3)c2C1. The second-order valence-corrected chi connectivity index (χ2v) is 5.71. The van der Waals surface area contributed by atoms with E-state index in [1.807, 2.05) is 6.07 Å². The molecule has 2 heterocycles. The van der Waals surface area contributed by atoms with Crippen LogP contribution in [0.15, 0.2) is 40.4 Å². The molecule has 0 bridgehead atoms. The molecule has 110 valence electrons. The maximum Gasteiger partial charge on any atom is 0.143 e. The highest BCUT2D eigenvalue weighted by atomic mass is 19.1. The fourth-order valence-corrected chi connectivity index (χ4v) is 2.60. The fourth-order valence-electron chi connectivity index (χ4n) is 2.60. The summed E-state index contributed by atoms with van der Waals surface area (Å²) in [5.74, 6) is 0.684. The first-order valence-corrected chi connectivity index (χ1v) is 7.22. The van der Waals surface area contributed by atoms with Gasteiger partial charge in [-0.05, 0) is 26.0 Å². The Hall–Kier alpha value is -1.94. The lowest BCUT2D eigenvalue weighted by molar-refractivity contribution is 0.258. The largest absolute Gasteiger partial charge is 0.360 e. The highest BCUT2D eigenvalue weighted by Crippen LogP contribution is 2.30. The summed E-state index contributed by atoms with van der Waals surface area (Å²) in [6.45, 7) is 6.90. The number of hydrogen-bond donors (Lipinski definition) is 0. The van der Waals surface area contributed by atoms with Gasteiger partial charge in [0, 0.05) is 37.2 Å². The van der Waals surface area contributed by atoms with Crippen LogP contribution in [0.3, 0.4) is 0 Å². The van der Waals surface area contributed by atoms with Crippen molar-refractivity contribution in [2.24, 2.45) is 0 Å². The Balaban J connectivity index is 1.87. The molecular weight excluding hydrogens is 267 g/mol. The highest BCUT2D eigenvalue weighted by Gasteiger charge is 2.24. The van der Waals surface area contributed by atoms with Gasteiger partial charge < -0.3 is 4.52 Å². The van der Waals surface area contributed by atoms with Gasteiger partial charge in [0.15, 0.2) is 0 Å². The maximum atomic E-state index is 13.4. The third kappa shape index (κ3) is 3.05. The summed E-state index contributed by atoms with van der Waals surface area (Å²) in [4.78, 5) is 2.36. The normalized spacial score (nSPS) is 14.8. The van der Waals surface area contributed by atoms with Gasteiger partial charge >= 0.3 is 0 Å². The second-order valence-electron chi connectivity index (χ2n) is 5.71. The number of hydrogen-bond acceptors (Lipinski definition) is 3. The molecule has 0 saturated heterocycles. The predicted octanol–water partition coefficient (Wildman–Crippen LogP) is 3.81. The van der Waals surface area contributed by atoms with Crippen LogP contribution in [0.5, 0.6) is 0 Å². The van der Waals surface area contributed by atoms with Gasteiger partial charge in [0.25, 0.3) is 0 Å². The van der Waals surface area contributed by atoms with Crippen molar-refractivity contribution >= 4 is 0 Å². The summed E-state index contributed by atoms with van der Waals surface area (Å²) in [6, 6.07) is 6.52. The van der Waals surface area contributed by atoms with Crippen LogP contribution in [-0.2, 0) is 13.0 Å². The van der Waals surface area contributed by atoms with E-state index in [4.69, 9.17) is 4.52 Å². The Morgan fingerprint density at radius 1 is 1.43 bits per heavy atom. The predicted molar refractivity (Wildman–Crippen MR) is 80.3 cm³/mol. The molecule has 0 unspecified atom stereocenters. The van der Waals surface area contributed by atoms with Crippen LogP contribution >= 0.6 is 0 Å². The van der Waals surface area contributed by atoms with Crippen molar-refractivity contribution in [3.05, 3.63) is 53.1 Å². The van der Waals surface area contributed by atoms with E-state index in [1.165, 1.54) is 17.7 Å². The Labute approximate surface area is 124 Å². The fraction of sp³-hybridized carbons (Fsp3) is 0.353. The van der Waals surface area contributed by atoms with E-state index in [2.05, 4.69) is 30.0 Å². The Bertz CT molecular complexity index is 671. The summed E-state index contributed by atoms with van der Waals surface area (Å²) in [5.41, 5.74) is 3.96. The van der Waals surface area contributed by atoms with Crippen molar-refractivity contribution in [1.82, 2.24) is 10.1 Å². The van der Waals surface area contributed by atoms with Gasteiger partial charge in [0.05, 0.1) is 0 Å². The Morgan fingerprint density at radius 2 is 2.29 bits per heavy atom. The minimum atomic E-state index is -0.249. The quantitative estimate of drug-likeness (QED) is 0.804. The number of fused-ring (bicyclic) bond motifs is 1. The van der Waals surface area contributed by atoms with E-state index in [0.717, 1.165) is 48.6 Å². The van der Waals surface area contributed by atoms with E-state index >= 15 is 0 Å². The summed E-state index contributed by atoms with van der Waals surface area (Å²) in [7, 11) is 0. The van der Waals surface area contributed by atoms with Gasteiger partial charge in [-0.2, -0.15) is 0 Å². The van der Waals surface area contributed by atoms with Crippen molar-refractivity contribution in [3.63, 3.8) is 0 Å². The molecule has 0 amide bonds. The van der Waals surface area contributed by atoms with E-state index in [0.29, 0.717) is 0 Å². The summed E-state index contributed by atoms with van der Waals surface area (Å²) in [6.07, 6.45) is 3.08. The first kappa shape index (κ1) is 14.0. The molecule has 0 spiro atoms. The third-order valence-electron chi connectivity index (χ3n) is 3.76. The zero-order valence-corrected chi connectivity index (χ0v) is 12.4. The highest BCUT2D eigenvalue weighted by molar-refractivity contribution is 5.63. The molecule has 4 heteroatoms. The Kier molecular flexibility index (Phi) is 3.88. The molecule has 1 aliphatic rings. The lowest BCUT2D eigenvalue weighted by atomic mass is 10.0. The van der Waals surface area contributed by atoms with Crippen LogP contribution in [0.25, 0.3) is 11.3 Å². The molecule has 0 fully saturated rings. The average Bonchev–Trinajstić information content (AvgIpc) is 2.88. The van der Waals surface area contributed by atoms with Crippen molar-refractivity contribution in [1.29, 1.82) is 0 Å². The van der Waals surface area contributed by atoms with Gasteiger partial charge in [-0.1, -0.05) is 28.9 Å². The second kappa shape index (κ2) is 5.82. The van der Waals surface area contributed by atoms with E-state index in [9.17, 15) is 4.39 Å². The van der Waals surface area contributed by atoms with Crippen molar-refractivity contribution in [2.75, 3.05) is 13.1 Å². The van der Waals surface area contributed by atoms with Crippen LogP contribution < -0.4 is 0 Å². The number of allylic oxidation sites excluding steroid dienone is 1. The summed E-state index contributed by atoms with van der Waals surface area (Å²) < 4.78 is 18.8. The van der Waals surface area contributed by atoms with E-state index in [1.54, 1.807) is 6.07 Å². The van der Waals surface area contributed by atoms with Gasteiger partial charge in [0.1, 0.15) is 17.3 Å². The molecule has 0 atom stereocenters. The minimum Gasteiger partial charge on any atom is -0.360 e. The molecule has 21 heavy (non-hydrogen) atoms. The number of halogens is 1. The molecule has 0 aliphatic carbocycles. The lowest BCUT2D eigenvalue weighted by Gasteiger charge is -2.24. The monoisotopic (exact) mass is 286 g/mol. The van der Waals surface area contributed by atoms with Crippen molar-refractivity contribution < 1.29 is 8.91 Å². The maximum absolute atomic E-state index is 13.4. The number of benzene rings is 1. The smallest absolute Gasteiger partial charge is 0.143 e. The minimum absolute atomic E-state index is 0.249. The topological polar surface area (TPSA) is 29.3 Å². The summed E-state index contributed by atoms with van der Waals surface area (Å²) >= 11 is 0. The van der Waals surface area contributed by atoms with Gasteiger partial charge in [-0.3, -0.25) is 4.90 Å². The van der Waals surface area contributed by atoms with Crippen molar-refractivity contribution in [3.8, 4) is 11.3 Å². The molecule has 1 aliphatic heterocycles. The molecule has 0 radical (unpaired) electrons. The van der Waals surface area contributed by atoms with Crippen LogP contribution in [0.4, 0.5) is 4.39 Å². The van der Waals surface area contributed by atoms with Crippen LogP contribution in [0, 0.1) is 5.82 Å². The van der Waals surface area contributed by atoms with Crippen LogP contribution in [0.1, 0.15) is 25.2 Å². The first-order chi connectivity index (χ1) is 10.1. The molecular formula is C17H19FN2O. The average molecular weight is 286 g/mol.